The number of nitrogens with two attached hydrogens (primary N) is 1. The van der Waals surface area contributed by atoms with E-state index in [9.17, 15) is 4.39 Å². The van der Waals surface area contributed by atoms with Gasteiger partial charge in [-0.25, -0.2) is 4.39 Å². The van der Waals surface area contributed by atoms with Gasteiger partial charge in [0.25, 0.3) is 0 Å². The Balaban J connectivity index is 2.08. The van der Waals surface area contributed by atoms with Gasteiger partial charge in [-0.2, -0.15) is 0 Å². The Kier molecular flexibility index (Phi) is 3.46. The van der Waals surface area contributed by atoms with Crippen LogP contribution in [0.1, 0.15) is 31.2 Å². The van der Waals surface area contributed by atoms with Crippen LogP contribution in [0.5, 0.6) is 5.75 Å². The molecule has 1 unspecified atom stereocenters. The van der Waals surface area contributed by atoms with E-state index in [1.54, 1.807) is 0 Å². The lowest BCUT2D eigenvalue weighted by atomic mass is 9.83. The van der Waals surface area contributed by atoms with Crippen molar-refractivity contribution in [2.24, 2.45) is 5.73 Å². The van der Waals surface area contributed by atoms with Gasteiger partial charge < -0.3 is 10.5 Å². The summed E-state index contributed by atoms with van der Waals surface area (Å²) < 4.78 is 19.2. The van der Waals surface area contributed by atoms with E-state index in [2.05, 4.69) is 4.90 Å². The van der Waals surface area contributed by atoms with Crippen LogP contribution in [-0.2, 0) is 5.54 Å². The number of fused-ring (bicyclic) bond motifs is 1. The average Bonchev–Trinajstić information content (AvgIpc) is 2.89. The summed E-state index contributed by atoms with van der Waals surface area (Å²) in [5, 5.41) is 0. The van der Waals surface area contributed by atoms with E-state index in [0.29, 0.717) is 18.9 Å². The van der Waals surface area contributed by atoms with Crippen molar-refractivity contribution < 1.29 is 9.13 Å². The zero-order valence-corrected chi connectivity index (χ0v) is 11.2. The molecule has 2 N–H and O–H groups in total. The van der Waals surface area contributed by atoms with Gasteiger partial charge in [0.15, 0.2) is 0 Å². The van der Waals surface area contributed by atoms with E-state index in [4.69, 9.17) is 10.5 Å². The quantitative estimate of drug-likeness (QED) is 0.890. The SMILES string of the molecule is NCC1(N2CCCC2)CCCOc2cc(F)ccc21. The van der Waals surface area contributed by atoms with E-state index in [1.807, 2.05) is 6.07 Å². The summed E-state index contributed by atoms with van der Waals surface area (Å²) in [6, 6.07) is 4.89. The van der Waals surface area contributed by atoms with Crippen LogP contribution in [0.15, 0.2) is 18.2 Å². The van der Waals surface area contributed by atoms with E-state index >= 15 is 0 Å². The minimum absolute atomic E-state index is 0.171. The Hall–Kier alpha value is -1.13. The van der Waals surface area contributed by atoms with Gasteiger partial charge >= 0.3 is 0 Å². The number of nitrogens with zero attached hydrogens (tertiary/aromatic N) is 1. The molecule has 2 aliphatic heterocycles. The fourth-order valence-electron chi connectivity index (χ4n) is 3.50. The highest BCUT2D eigenvalue weighted by Crippen LogP contribution is 2.42. The minimum atomic E-state index is -0.243. The number of halogens is 1. The first-order chi connectivity index (χ1) is 9.26. The highest BCUT2D eigenvalue weighted by Gasteiger charge is 2.41. The molecule has 104 valence electrons. The van der Waals surface area contributed by atoms with Crippen molar-refractivity contribution in [3.8, 4) is 5.75 Å². The van der Waals surface area contributed by atoms with Gasteiger partial charge in [-0.1, -0.05) is 6.07 Å². The predicted molar refractivity (Wildman–Crippen MR) is 72.7 cm³/mol. The van der Waals surface area contributed by atoms with E-state index in [1.165, 1.54) is 25.0 Å². The molecular weight excluding hydrogens is 243 g/mol. The summed E-state index contributed by atoms with van der Waals surface area (Å²) in [4.78, 5) is 2.47. The van der Waals surface area contributed by atoms with Gasteiger partial charge in [-0.05, 0) is 44.8 Å². The van der Waals surface area contributed by atoms with Crippen LogP contribution in [0.4, 0.5) is 4.39 Å². The fourth-order valence-corrected chi connectivity index (χ4v) is 3.50. The van der Waals surface area contributed by atoms with Crippen LogP contribution < -0.4 is 10.5 Å². The third kappa shape index (κ3) is 2.13. The molecule has 4 heteroatoms. The molecule has 2 heterocycles. The van der Waals surface area contributed by atoms with Crippen molar-refractivity contribution >= 4 is 0 Å². The normalized spacial score (nSPS) is 27.7. The molecule has 1 saturated heterocycles. The Bertz CT molecular complexity index is 459. The van der Waals surface area contributed by atoms with Crippen molar-refractivity contribution in [2.45, 2.75) is 31.2 Å². The number of rotatable bonds is 2. The first-order valence-electron chi connectivity index (χ1n) is 7.14. The molecule has 0 saturated carbocycles. The van der Waals surface area contributed by atoms with Crippen LogP contribution in [0, 0.1) is 5.82 Å². The highest BCUT2D eigenvalue weighted by atomic mass is 19.1. The predicted octanol–water partition coefficient (Wildman–Crippen LogP) is 2.25. The van der Waals surface area contributed by atoms with Crippen molar-refractivity contribution in [1.29, 1.82) is 0 Å². The summed E-state index contributed by atoms with van der Waals surface area (Å²) >= 11 is 0. The lowest BCUT2D eigenvalue weighted by Crippen LogP contribution is -2.49. The first kappa shape index (κ1) is 12.9. The molecule has 0 amide bonds. The molecule has 3 rings (SSSR count). The second-order valence-electron chi connectivity index (χ2n) is 5.52. The van der Waals surface area contributed by atoms with Crippen LogP contribution in [-0.4, -0.2) is 31.1 Å². The first-order valence-corrected chi connectivity index (χ1v) is 7.14. The van der Waals surface area contributed by atoms with E-state index in [-0.39, 0.29) is 11.4 Å². The van der Waals surface area contributed by atoms with Crippen LogP contribution in [0.2, 0.25) is 0 Å². The number of benzene rings is 1. The molecule has 0 aliphatic carbocycles. The topological polar surface area (TPSA) is 38.5 Å². The molecular formula is C15H21FN2O. The molecule has 0 aromatic heterocycles. The molecule has 0 spiro atoms. The number of likely N-dealkylation sites (tertiary alicyclic amines) is 1. The van der Waals surface area contributed by atoms with Gasteiger partial charge in [-0.15, -0.1) is 0 Å². The van der Waals surface area contributed by atoms with Gasteiger partial charge in [-0.3, -0.25) is 4.90 Å². The Morgan fingerprint density at radius 2 is 2.05 bits per heavy atom. The van der Waals surface area contributed by atoms with E-state index < -0.39 is 0 Å². The van der Waals surface area contributed by atoms with Gasteiger partial charge in [0.05, 0.1) is 12.1 Å². The third-order valence-corrected chi connectivity index (χ3v) is 4.49. The van der Waals surface area contributed by atoms with Gasteiger partial charge in [0.2, 0.25) is 0 Å². The number of hydrogen-bond acceptors (Lipinski definition) is 3. The average molecular weight is 264 g/mol. The van der Waals surface area contributed by atoms with Crippen molar-refractivity contribution in [3.63, 3.8) is 0 Å². The maximum absolute atomic E-state index is 13.4. The standard InChI is InChI=1S/C15H21FN2O/c16-12-4-5-13-14(10-12)19-9-3-6-15(13,11-17)18-7-1-2-8-18/h4-5,10H,1-3,6-9,11,17H2. The van der Waals surface area contributed by atoms with Crippen molar-refractivity contribution in [2.75, 3.05) is 26.2 Å². The van der Waals surface area contributed by atoms with Gasteiger partial charge in [0.1, 0.15) is 11.6 Å². The minimum Gasteiger partial charge on any atom is -0.493 e. The number of ether oxygens (including phenoxy) is 1. The maximum Gasteiger partial charge on any atom is 0.127 e. The Labute approximate surface area is 113 Å². The molecule has 0 bridgehead atoms. The fraction of sp³-hybridized carbons (Fsp3) is 0.600. The van der Waals surface area contributed by atoms with Crippen LogP contribution in [0.3, 0.4) is 0 Å². The zero-order chi connectivity index (χ0) is 13.3. The molecule has 1 atom stereocenters. The summed E-state index contributed by atoms with van der Waals surface area (Å²) in [6.45, 7) is 3.36. The van der Waals surface area contributed by atoms with Crippen LogP contribution in [0.25, 0.3) is 0 Å². The molecule has 1 fully saturated rings. The highest BCUT2D eigenvalue weighted by molar-refractivity contribution is 5.41. The molecule has 19 heavy (non-hydrogen) atoms. The smallest absolute Gasteiger partial charge is 0.127 e. The lowest BCUT2D eigenvalue weighted by molar-refractivity contribution is 0.112. The van der Waals surface area contributed by atoms with Crippen molar-refractivity contribution in [1.82, 2.24) is 4.90 Å². The monoisotopic (exact) mass is 264 g/mol. The van der Waals surface area contributed by atoms with Crippen LogP contribution >= 0.6 is 0 Å². The molecule has 2 aliphatic rings. The third-order valence-electron chi connectivity index (χ3n) is 4.49. The van der Waals surface area contributed by atoms with E-state index in [0.717, 1.165) is 31.5 Å². The lowest BCUT2D eigenvalue weighted by Gasteiger charge is -2.41. The molecule has 0 radical (unpaired) electrons. The summed E-state index contributed by atoms with van der Waals surface area (Å²) in [7, 11) is 0. The van der Waals surface area contributed by atoms with Crippen molar-refractivity contribution in [3.05, 3.63) is 29.6 Å². The second-order valence-corrected chi connectivity index (χ2v) is 5.52. The molecule has 1 aromatic carbocycles. The molecule has 1 aromatic rings. The Morgan fingerprint density at radius 1 is 1.26 bits per heavy atom. The molecule has 3 nitrogen and oxygen atoms in total. The Morgan fingerprint density at radius 3 is 2.79 bits per heavy atom. The summed E-state index contributed by atoms with van der Waals surface area (Å²) in [5.41, 5.74) is 7.04. The second kappa shape index (κ2) is 5.10. The van der Waals surface area contributed by atoms with Gasteiger partial charge in [0, 0.05) is 18.2 Å². The zero-order valence-electron chi connectivity index (χ0n) is 11.2. The largest absolute Gasteiger partial charge is 0.493 e. The summed E-state index contributed by atoms with van der Waals surface area (Å²) in [5.74, 6) is 0.433. The maximum atomic E-state index is 13.4. The summed E-state index contributed by atoms with van der Waals surface area (Å²) in [6.07, 6.45) is 4.39. The number of hydrogen-bond donors (Lipinski definition) is 1.